The van der Waals surface area contributed by atoms with E-state index in [9.17, 15) is 9.18 Å². The van der Waals surface area contributed by atoms with E-state index in [1.165, 1.54) is 24.3 Å². The Kier molecular flexibility index (Phi) is 6.84. The lowest BCUT2D eigenvalue weighted by molar-refractivity contribution is 0.0982. The molecular weight excluding hydrogens is 411 g/mol. The van der Waals surface area contributed by atoms with Gasteiger partial charge in [0.1, 0.15) is 5.82 Å². The van der Waals surface area contributed by atoms with E-state index >= 15 is 0 Å². The number of rotatable bonds is 9. The summed E-state index contributed by atoms with van der Waals surface area (Å²) in [6.07, 6.45) is 4.61. The van der Waals surface area contributed by atoms with Gasteiger partial charge in [-0.15, -0.1) is 10.2 Å². The molecule has 0 aliphatic heterocycles. The Balaban J connectivity index is 1.44. The molecule has 2 aromatic carbocycles. The zero-order valence-corrected chi connectivity index (χ0v) is 17.6. The van der Waals surface area contributed by atoms with Crippen LogP contribution >= 0.6 is 11.8 Å². The van der Waals surface area contributed by atoms with E-state index in [-0.39, 0.29) is 11.6 Å². The first kappa shape index (κ1) is 20.9. The number of benzene rings is 2. The van der Waals surface area contributed by atoms with Crippen LogP contribution in [0.2, 0.25) is 0 Å². The summed E-state index contributed by atoms with van der Waals surface area (Å²) in [5, 5.41) is 9.60. The van der Waals surface area contributed by atoms with Crippen LogP contribution in [0.25, 0.3) is 11.4 Å². The van der Waals surface area contributed by atoms with Gasteiger partial charge in [-0.2, -0.15) is 0 Å². The molecule has 31 heavy (non-hydrogen) atoms. The number of ketones is 1. The van der Waals surface area contributed by atoms with Gasteiger partial charge in [-0.3, -0.25) is 14.3 Å². The van der Waals surface area contributed by atoms with Crippen LogP contribution in [0.5, 0.6) is 0 Å². The summed E-state index contributed by atoms with van der Waals surface area (Å²) in [6.45, 7) is 0.648. The van der Waals surface area contributed by atoms with Gasteiger partial charge in [-0.05, 0) is 48.4 Å². The molecule has 0 fully saturated rings. The zero-order valence-electron chi connectivity index (χ0n) is 16.8. The van der Waals surface area contributed by atoms with Crippen molar-refractivity contribution in [2.45, 2.75) is 24.5 Å². The van der Waals surface area contributed by atoms with Crippen LogP contribution in [0.4, 0.5) is 4.39 Å². The fraction of sp³-hybridized carbons (Fsp3) is 0.167. The minimum Gasteiger partial charge on any atom is -0.298 e. The molecule has 4 rings (SSSR count). The van der Waals surface area contributed by atoms with Gasteiger partial charge in [0.2, 0.25) is 0 Å². The molecule has 0 radical (unpaired) electrons. The quantitative estimate of drug-likeness (QED) is 0.204. The maximum Gasteiger partial charge on any atom is 0.191 e. The van der Waals surface area contributed by atoms with Crippen molar-refractivity contribution in [1.29, 1.82) is 0 Å². The van der Waals surface area contributed by atoms with Crippen molar-refractivity contribution in [1.82, 2.24) is 19.7 Å². The summed E-state index contributed by atoms with van der Waals surface area (Å²) in [5.74, 6) is 1.17. The molecule has 0 saturated carbocycles. The number of carbonyl (C=O) groups is 1. The van der Waals surface area contributed by atoms with Crippen LogP contribution in [0.1, 0.15) is 28.8 Å². The average Bonchev–Trinajstić information content (AvgIpc) is 3.20. The summed E-state index contributed by atoms with van der Waals surface area (Å²) >= 11 is 1.58. The van der Waals surface area contributed by atoms with Crippen molar-refractivity contribution in [3.63, 3.8) is 0 Å². The van der Waals surface area contributed by atoms with Crippen molar-refractivity contribution in [3.8, 4) is 11.4 Å². The number of pyridine rings is 1. The Morgan fingerprint density at radius 2 is 1.77 bits per heavy atom. The number of nitrogens with zero attached hydrogens (tertiary/aromatic N) is 4. The van der Waals surface area contributed by atoms with Crippen molar-refractivity contribution < 1.29 is 9.18 Å². The first-order valence-corrected chi connectivity index (χ1v) is 11.0. The van der Waals surface area contributed by atoms with E-state index < -0.39 is 0 Å². The van der Waals surface area contributed by atoms with Crippen LogP contribution in [-0.4, -0.2) is 31.3 Å². The molecule has 0 spiro atoms. The Morgan fingerprint density at radius 1 is 0.968 bits per heavy atom. The lowest BCUT2D eigenvalue weighted by atomic mass is 10.1. The van der Waals surface area contributed by atoms with Crippen LogP contribution in [-0.2, 0) is 6.54 Å². The summed E-state index contributed by atoms with van der Waals surface area (Å²) in [7, 11) is 0. The zero-order chi connectivity index (χ0) is 21.5. The van der Waals surface area contributed by atoms with Gasteiger partial charge >= 0.3 is 0 Å². The van der Waals surface area contributed by atoms with E-state index in [4.69, 9.17) is 0 Å². The standard InChI is InChI=1S/C24H21FN4OS/c25-21-12-10-19(11-13-21)22(30)9-5-15-31-24-28-27-23(20-8-4-14-26-16-20)29(24)17-18-6-2-1-3-7-18/h1-4,6-8,10-14,16H,5,9,15,17H2. The fourth-order valence-electron chi connectivity index (χ4n) is 3.19. The van der Waals surface area contributed by atoms with Gasteiger partial charge < -0.3 is 0 Å². The van der Waals surface area contributed by atoms with Crippen LogP contribution in [0.15, 0.2) is 84.3 Å². The van der Waals surface area contributed by atoms with Crippen molar-refractivity contribution >= 4 is 17.5 Å². The predicted molar refractivity (Wildman–Crippen MR) is 119 cm³/mol. The highest BCUT2D eigenvalue weighted by Crippen LogP contribution is 2.25. The van der Waals surface area contributed by atoms with E-state index in [0.717, 1.165) is 27.9 Å². The van der Waals surface area contributed by atoms with Gasteiger partial charge in [0.15, 0.2) is 16.8 Å². The van der Waals surface area contributed by atoms with Gasteiger partial charge in [0.05, 0.1) is 6.54 Å². The molecule has 7 heteroatoms. The Hall–Kier alpha value is -3.32. The number of halogens is 1. The molecule has 0 amide bonds. The molecule has 0 N–H and O–H groups in total. The third-order valence-electron chi connectivity index (χ3n) is 4.77. The van der Waals surface area contributed by atoms with E-state index in [2.05, 4.69) is 31.9 Å². The molecule has 0 unspecified atom stereocenters. The monoisotopic (exact) mass is 432 g/mol. The van der Waals surface area contributed by atoms with Crippen LogP contribution in [0, 0.1) is 5.82 Å². The van der Waals surface area contributed by atoms with Gasteiger partial charge in [-0.1, -0.05) is 42.1 Å². The third-order valence-corrected chi connectivity index (χ3v) is 5.82. The molecule has 5 nitrogen and oxygen atoms in total. The Morgan fingerprint density at radius 3 is 2.52 bits per heavy atom. The largest absolute Gasteiger partial charge is 0.298 e. The van der Waals surface area contributed by atoms with E-state index in [0.29, 0.717) is 24.9 Å². The number of aromatic nitrogens is 4. The summed E-state index contributed by atoms with van der Waals surface area (Å²) < 4.78 is 15.1. The van der Waals surface area contributed by atoms with E-state index in [1.54, 1.807) is 24.2 Å². The normalized spacial score (nSPS) is 10.9. The molecule has 156 valence electrons. The molecule has 0 atom stereocenters. The van der Waals surface area contributed by atoms with Gasteiger partial charge in [0.25, 0.3) is 0 Å². The molecule has 2 heterocycles. The molecule has 0 aliphatic rings. The van der Waals surface area contributed by atoms with Gasteiger partial charge in [-0.25, -0.2) is 4.39 Å². The Labute approximate surface area is 184 Å². The lowest BCUT2D eigenvalue weighted by Gasteiger charge is -2.10. The molecule has 0 saturated heterocycles. The molecule has 0 bridgehead atoms. The number of thioether (sulfide) groups is 1. The predicted octanol–water partition coefficient (Wildman–Crippen LogP) is 5.28. The highest BCUT2D eigenvalue weighted by molar-refractivity contribution is 7.99. The minimum absolute atomic E-state index is 0.0161. The summed E-state index contributed by atoms with van der Waals surface area (Å²) in [5.41, 5.74) is 2.60. The van der Waals surface area contributed by atoms with Gasteiger partial charge in [0, 0.05) is 35.7 Å². The Bertz CT molecular complexity index is 1130. The third kappa shape index (κ3) is 5.44. The SMILES string of the molecule is O=C(CCCSc1nnc(-c2cccnc2)n1Cc1ccccc1)c1ccc(F)cc1. The first-order valence-electron chi connectivity index (χ1n) is 10.00. The number of hydrogen-bond donors (Lipinski definition) is 0. The molecule has 2 aromatic heterocycles. The smallest absolute Gasteiger partial charge is 0.191 e. The highest BCUT2D eigenvalue weighted by Gasteiger charge is 2.15. The second kappa shape index (κ2) is 10.1. The first-order chi connectivity index (χ1) is 15.2. The van der Waals surface area contributed by atoms with Crippen molar-refractivity contribution in [3.05, 3.63) is 96.1 Å². The van der Waals surface area contributed by atoms with Crippen molar-refractivity contribution in [2.75, 3.05) is 5.75 Å². The summed E-state index contributed by atoms with van der Waals surface area (Å²) in [4.78, 5) is 16.5. The van der Waals surface area contributed by atoms with E-state index in [1.807, 2.05) is 30.3 Å². The lowest BCUT2D eigenvalue weighted by Crippen LogP contribution is -2.05. The maximum atomic E-state index is 13.0. The van der Waals surface area contributed by atoms with Crippen LogP contribution in [0.3, 0.4) is 0 Å². The molecular formula is C24H21FN4OS. The number of hydrogen-bond acceptors (Lipinski definition) is 5. The van der Waals surface area contributed by atoms with Crippen LogP contribution < -0.4 is 0 Å². The minimum atomic E-state index is -0.339. The van der Waals surface area contributed by atoms with Crippen molar-refractivity contribution in [2.24, 2.45) is 0 Å². The second-order valence-corrected chi connectivity index (χ2v) is 8.06. The number of carbonyl (C=O) groups excluding carboxylic acids is 1. The summed E-state index contributed by atoms with van der Waals surface area (Å²) in [6, 6.07) is 19.7. The average molecular weight is 433 g/mol. The second-order valence-electron chi connectivity index (χ2n) is 7.00. The molecule has 0 aliphatic carbocycles. The molecule has 4 aromatic rings. The topological polar surface area (TPSA) is 60.7 Å². The highest BCUT2D eigenvalue weighted by atomic mass is 32.2. The maximum absolute atomic E-state index is 13.0. The number of Topliss-reactive ketones (excluding diaryl/α,β-unsaturated/α-hetero) is 1. The fourth-order valence-corrected chi connectivity index (χ4v) is 4.07.